The van der Waals surface area contributed by atoms with E-state index >= 15 is 0 Å². The van der Waals surface area contributed by atoms with Gasteiger partial charge in [-0.2, -0.15) is 0 Å². The number of hydrogen-bond donors (Lipinski definition) is 0. The minimum Gasteiger partial charge on any atom is -0.456 e. The fourth-order valence-electron chi connectivity index (χ4n) is 9.14. The van der Waals surface area contributed by atoms with Crippen molar-refractivity contribution in [3.05, 3.63) is 162 Å². The number of nitrogens with zero attached hydrogens (tertiary/aromatic N) is 1. The lowest BCUT2D eigenvalue weighted by Gasteiger charge is -2.28. The molecule has 1 aliphatic rings. The van der Waals surface area contributed by atoms with Crippen LogP contribution in [0.5, 0.6) is 0 Å². The van der Waals surface area contributed by atoms with Crippen molar-refractivity contribution in [2.45, 2.75) is 71.6 Å². The summed E-state index contributed by atoms with van der Waals surface area (Å²) >= 11 is 0. The molecule has 10 rings (SSSR count). The fraction of sp³-hybridized carbons (Fsp3) is 0.208. The zero-order valence-corrected chi connectivity index (χ0v) is 33.5. The van der Waals surface area contributed by atoms with Gasteiger partial charge in [0, 0.05) is 44.1 Å². The van der Waals surface area contributed by atoms with Crippen LogP contribution >= 0.6 is 0 Å². The Morgan fingerprint density at radius 3 is 1.93 bits per heavy atom. The molecule has 0 saturated carbocycles. The zero-order chi connectivity index (χ0) is 38.7. The molecule has 9 aromatic rings. The highest BCUT2D eigenvalue weighted by molar-refractivity contribution is 6.14. The Kier molecular flexibility index (Phi) is 7.36. The highest BCUT2D eigenvalue weighted by Crippen LogP contribution is 2.55. The van der Waals surface area contributed by atoms with Gasteiger partial charge in [-0.3, -0.25) is 0 Å². The molecule has 0 aliphatic heterocycles. The summed E-state index contributed by atoms with van der Waals surface area (Å²) in [5, 5.41) is 4.61. The van der Waals surface area contributed by atoms with Gasteiger partial charge in [-0.25, -0.2) is 0 Å². The van der Waals surface area contributed by atoms with Gasteiger partial charge in [-0.15, -0.1) is 0 Å². The molecular formula is C53H47NO2. The number of hydrogen-bond acceptors (Lipinski definition) is 3. The van der Waals surface area contributed by atoms with Gasteiger partial charge in [0.05, 0.1) is 11.1 Å². The van der Waals surface area contributed by atoms with E-state index in [2.05, 4.69) is 194 Å². The van der Waals surface area contributed by atoms with Gasteiger partial charge in [0.1, 0.15) is 22.3 Å². The van der Waals surface area contributed by atoms with E-state index in [1.807, 2.05) is 6.07 Å². The largest absolute Gasteiger partial charge is 0.456 e. The number of anilines is 3. The van der Waals surface area contributed by atoms with E-state index in [0.29, 0.717) is 0 Å². The molecule has 0 unspecified atom stereocenters. The minimum atomic E-state index is -0.319. The molecule has 0 radical (unpaired) electrons. The number of fused-ring (bicyclic) bond motifs is 10. The monoisotopic (exact) mass is 729 g/mol. The molecule has 0 saturated heterocycles. The summed E-state index contributed by atoms with van der Waals surface area (Å²) in [7, 11) is 0. The highest BCUT2D eigenvalue weighted by Gasteiger charge is 2.40. The Balaban J connectivity index is 1.17. The first-order valence-electron chi connectivity index (χ1n) is 19.8. The van der Waals surface area contributed by atoms with Crippen LogP contribution in [0, 0.1) is 0 Å². The average molecular weight is 730 g/mol. The van der Waals surface area contributed by atoms with E-state index in [1.165, 1.54) is 55.3 Å². The average Bonchev–Trinajstić information content (AvgIpc) is 3.82. The third-order valence-corrected chi connectivity index (χ3v) is 12.1. The van der Waals surface area contributed by atoms with Crippen molar-refractivity contribution in [1.29, 1.82) is 0 Å². The number of rotatable bonds is 4. The van der Waals surface area contributed by atoms with E-state index in [0.717, 1.165) is 50.2 Å². The molecule has 0 spiro atoms. The quantitative estimate of drug-likeness (QED) is 0.181. The molecule has 2 heterocycles. The summed E-state index contributed by atoms with van der Waals surface area (Å²) in [6.45, 7) is 18.5. The number of benzene rings is 7. The first-order valence-corrected chi connectivity index (χ1v) is 19.8. The Hall–Kier alpha value is -6.06. The van der Waals surface area contributed by atoms with Gasteiger partial charge in [-0.1, -0.05) is 140 Å². The molecule has 0 atom stereocenters. The SMILES string of the molecule is CC(C)(C)c1cc(C(C)(C)C)c2oc3c4c(ccc3c2c1)-c1ccc(N(c2ccc(-c3ccccc3)cc2)c2cccc3oc5ccccc5c23)cc1C4(C)C. The van der Waals surface area contributed by atoms with Crippen molar-refractivity contribution in [2.75, 3.05) is 4.90 Å². The van der Waals surface area contributed by atoms with Crippen molar-refractivity contribution < 1.29 is 8.83 Å². The predicted octanol–water partition coefficient (Wildman–Crippen LogP) is 15.5. The normalized spacial score (nSPS) is 13.9. The molecule has 276 valence electrons. The van der Waals surface area contributed by atoms with Gasteiger partial charge in [0.25, 0.3) is 0 Å². The molecule has 0 fully saturated rings. The fourth-order valence-corrected chi connectivity index (χ4v) is 9.14. The predicted molar refractivity (Wildman–Crippen MR) is 236 cm³/mol. The second-order valence-electron chi connectivity index (χ2n) is 18.2. The Labute approximate surface area is 329 Å². The van der Waals surface area contributed by atoms with E-state index in [9.17, 15) is 0 Å². The van der Waals surface area contributed by atoms with Gasteiger partial charge in [0.15, 0.2) is 0 Å². The van der Waals surface area contributed by atoms with Crippen molar-refractivity contribution in [1.82, 2.24) is 0 Å². The second-order valence-corrected chi connectivity index (χ2v) is 18.2. The second kappa shape index (κ2) is 12.0. The summed E-state index contributed by atoms with van der Waals surface area (Å²) in [4.78, 5) is 2.40. The van der Waals surface area contributed by atoms with Gasteiger partial charge in [-0.05, 0) is 98.8 Å². The number of para-hydroxylation sites is 1. The molecule has 0 amide bonds. The lowest BCUT2D eigenvalue weighted by Crippen LogP contribution is -2.17. The van der Waals surface area contributed by atoms with Gasteiger partial charge in [0.2, 0.25) is 0 Å². The summed E-state index contributed by atoms with van der Waals surface area (Å²) in [6.07, 6.45) is 0. The maximum Gasteiger partial charge on any atom is 0.140 e. The van der Waals surface area contributed by atoms with Crippen molar-refractivity contribution in [3.8, 4) is 22.3 Å². The lowest BCUT2D eigenvalue weighted by atomic mass is 9.79. The first-order chi connectivity index (χ1) is 26.8. The molecule has 2 aromatic heterocycles. The van der Waals surface area contributed by atoms with Gasteiger partial charge < -0.3 is 13.7 Å². The first kappa shape index (κ1) is 34.4. The molecular weight excluding hydrogens is 683 g/mol. The topological polar surface area (TPSA) is 29.5 Å². The van der Waals surface area contributed by atoms with Crippen molar-refractivity contribution >= 4 is 60.9 Å². The van der Waals surface area contributed by atoms with E-state index in [-0.39, 0.29) is 16.2 Å². The van der Waals surface area contributed by atoms with E-state index < -0.39 is 0 Å². The Morgan fingerprint density at radius 2 is 1.18 bits per heavy atom. The van der Waals surface area contributed by atoms with Crippen LogP contribution in [-0.2, 0) is 16.2 Å². The maximum absolute atomic E-state index is 7.11. The smallest absolute Gasteiger partial charge is 0.140 e. The summed E-state index contributed by atoms with van der Waals surface area (Å²) in [6, 6.07) is 50.7. The van der Waals surface area contributed by atoms with Crippen LogP contribution < -0.4 is 4.90 Å². The Morgan fingerprint density at radius 1 is 0.500 bits per heavy atom. The Bertz CT molecular complexity index is 3000. The van der Waals surface area contributed by atoms with Crippen LogP contribution in [0.3, 0.4) is 0 Å². The molecule has 7 aromatic carbocycles. The van der Waals surface area contributed by atoms with Crippen LogP contribution in [0.25, 0.3) is 66.1 Å². The number of furan rings is 2. The maximum atomic E-state index is 7.11. The molecule has 3 nitrogen and oxygen atoms in total. The third kappa shape index (κ3) is 5.17. The molecule has 0 N–H and O–H groups in total. The molecule has 1 aliphatic carbocycles. The molecule has 0 bridgehead atoms. The van der Waals surface area contributed by atoms with Crippen LogP contribution in [0.1, 0.15) is 77.6 Å². The summed E-state index contributed by atoms with van der Waals surface area (Å²) in [5.74, 6) is 0. The van der Waals surface area contributed by atoms with Crippen LogP contribution in [0.15, 0.2) is 148 Å². The minimum absolute atomic E-state index is 0.0151. The highest BCUT2D eigenvalue weighted by atomic mass is 16.3. The van der Waals surface area contributed by atoms with E-state index in [1.54, 1.807) is 0 Å². The van der Waals surface area contributed by atoms with Crippen LogP contribution in [-0.4, -0.2) is 0 Å². The lowest BCUT2D eigenvalue weighted by molar-refractivity contribution is 0.556. The van der Waals surface area contributed by atoms with E-state index in [4.69, 9.17) is 8.83 Å². The van der Waals surface area contributed by atoms with Crippen molar-refractivity contribution in [2.24, 2.45) is 0 Å². The van der Waals surface area contributed by atoms with Gasteiger partial charge >= 0.3 is 0 Å². The van der Waals surface area contributed by atoms with Crippen LogP contribution in [0.4, 0.5) is 17.1 Å². The molecule has 3 heteroatoms. The summed E-state index contributed by atoms with van der Waals surface area (Å²) in [5.41, 5.74) is 16.7. The summed E-state index contributed by atoms with van der Waals surface area (Å²) < 4.78 is 13.5. The standard InChI is InChI=1S/C53H47NO2/c1-51(2,3)34-29-41-39-28-27-38-37-26-25-36(31-42(37)53(7,8)48(38)50(39)56-49(41)43(30-34)52(4,5)6)54(35-23-21-33(22-24-35)32-15-10-9-11-16-32)44-18-14-20-46-47(44)40-17-12-13-19-45(40)55-46/h9-31H,1-8H3. The molecule has 56 heavy (non-hydrogen) atoms. The third-order valence-electron chi connectivity index (χ3n) is 12.1. The zero-order valence-electron chi connectivity index (χ0n) is 33.5. The van der Waals surface area contributed by atoms with Crippen LogP contribution in [0.2, 0.25) is 0 Å². The van der Waals surface area contributed by atoms with Crippen molar-refractivity contribution in [3.63, 3.8) is 0 Å².